The second kappa shape index (κ2) is 8.98. The van der Waals surface area contributed by atoms with E-state index in [0.717, 1.165) is 17.0 Å². The van der Waals surface area contributed by atoms with Gasteiger partial charge in [-0.15, -0.1) is 10.2 Å². The third-order valence-electron chi connectivity index (χ3n) is 4.10. The van der Waals surface area contributed by atoms with Crippen molar-refractivity contribution in [1.29, 1.82) is 0 Å². The van der Waals surface area contributed by atoms with Crippen molar-refractivity contribution < 1.29 is 9.21 Å². The van der Waals surface area contributed by atoms with Gasteiger partial charge in [-0.3, -0.25) is 9.36 Å². The topological polar surface area (TPSA) is 73.0 Å². The first-order chi connectivity index (χ1) is 14.2. The SMILES string of the molecule is O=C(CSc1nnc(-c2ccc(Cl)cc2)n1Cc1ccco1)Nc1ccccc1. The van der Waals surface area contributed by atoms with Crippen LogP contribution in [0.1, 0.15) is 5.76 Å². The summed E-state index contributed by atoms with van der Waals surface area (Å²) in [5.74, 6) is 1.56. The van der Waals surface area contributed by atoms with Crippen molar-refractivity contribution in [3.05, 3.63) is 83.8 Å². The largest absolute Gasteiger partial charge is 0.467 e. The number of nitrogens with zero attached hydrogens (tertiary/aromatic N) is 3. The number of benzene rings is 2. The molecule has 4 rings (SSSR count). The van der Waals surface area contributed by atoms with Crippen LogP contribution in [0.2, 0.25) is 5.02 Å². The van der Waals surface area contributed by atoms with Crippen LogP contribution in [0.4, 0.5) is 5.69 Å². The quantitative estimate of drug-likeness (QED) is 0.424. The zero-order valence-corrected chi connectivity index (χ0v) is 16.9. The fourth-order valence-corrected chi connectivity index (χ4v) is 3.62. The fraction of sp³-hybridized carbons (Fsp3) is 0.0952. The Morgan fingerprint density at radius 2 is 1.83 bits per heavy atom. The summed E-state index contributed by atoms with van der Waals surface area (Å²) in [6.07, 6.45) is 1.63. The Kier molecular flexibility index (Phi) is 5.97. The molecule has 0 atom stereocenters. The molecule has 8 heteroatoms. The number of hydrogen-bond donors (Lipinski definition) is 1. The van der Waals surface area contributed by atoms with Crippen LogP contribution >= 0.6 is 23.4 Å². The molecular weight excluding hydrogens is 408 g/mol. The highest BCUT2D eigenvalue weighted by Gasteiger charge is 2.17. The van der Waals surface area contributed by atoms with Crippen LogP contribution in [0, 0.1) is 0 Å². The van der Waals surface area contributed by atoms with Crippen molar-refractivity contribution in [3.63, 3.8) is 0 Å². The summed E-state index contributed by atoms with van der Waals surface area (Å²) in [7, 11) is 0. The van der Waals surface area contributed by atoms with Crippen LogP contribution in [0.25, 0.3) is 11.4 Å². The number of hydrogen-bond acceptors (Lipinski definition) is 5. The Bertz CT molecular complexity index is 1080. The minimum absolute atomic E-state index is 0.109. The summed E-state index contributed by atoms with van der Waals surface area (Å²) < 4.78 is 7.42. The van der Waals surface area contributed by atoms with E-state index in [0.29, 0.717) is 22.5 Å². The number of thioether (sulfide) groups is 1. The molecule has 4 aromatic rings. The number of carbonyl (C=O) groups excluding carboxylic acids is 1. The summed E-state index contributed by atoms with van der Waals surface area (Å²) in [5, 5.41) is 12.8. The Labute approximate surface area is 176 Å². The molecule has 0 fully saturated rings. The smallest absolute Gasteiger partial charge is 0.234 e. The molecule has 0 radical (unpaired) electrons. The summed E-state index contributed by atoms with van der Waals surface area (Å²) in [6, 6.07) is 20.5. The molecule has 6 nitrogen and oxygen atoms in total. The minimum atomic E-state index is -0.109. The molecule has 0 bridgehead atoms. The average Bonchev–Trinajstić information content (AvgIpc) is 3.38. The maximum Gasteiger partial charge on any atom is 0.234 e. The molecule has 0 saturated heterocycles. The van der Waals surface area contributed by atoms with Gasteiger partial charge in [0.15, 0.2) is 11.0 Å². The molecule has 2 heterocycles. The highest BCUT2D eigenvalue weighted by molar-refractivity contribution is 7.99. The Balaban J connectivity index is 1.54. The molecule has 0 aliphatic heterocycles. The number of para-hydroxylation sites is 1. The normalized spacial score (nSPS) is 10.8. The minimum Gasteiger partial charge on any atom is -0.467 e. The van der Waals surface area contributed by atoms with E-state index in [1.54, 1.807) is 6.26 Å². The standard InChI is InChI=1S/C21H17ClN4O2S/c22-16-10-8-15(9-11-16)20-24-25-21(26(20)13-18-7-4-12-28-18)29-14-19(27)23-17-5-2-1-3-6-17/h1-12H,13-14H2,(H,23,27). The molecule has 0 spiro atoms. The van der Waals surface area contributed by atoms with E-state index in [-0.39, 0.29) is 11.7 Å². The molecule has 0 unspecified atom stereocenters. The molecule has 1 N–H and O–H groups in total. The lowest BCUT2D eigenvalue weighted by molar-refractivity contribution is -0.113. The zero-order valence-electron chi connectivity index (χ0n) is 15.3. The number of anilines is 1. The summed E-state index contributed by atoms with van der Waals surface area (Å²) in [4.78, 5) is 12.3. The van der Waals surface area contributed by atoms with Gasteiger partial charge in [-0.1, -0.05) is 41.6 Å². The number of nitrogens with one attached hydrogen (secondary N) is 1. The predicted molar refractivity (Wildman–Crippen MR) is 114 cm³/mol. The molecule has 0 saturated carbocycles. The van der Waals surface area contributed by atoms with Crippen molar-refractivity contribution in [2.75, 3.05) is 11.1 Å². The van der Waals surface area contributed by atoms with E-state index in [1.807, 2.05) is 71.3 Å². The molecule has 1 amide bonds. The second-order valence-corrected chi connectivity index (χ2v) is 7.56. The number of amides is 1. The van der Waals surface area contributed by atoms with Crippen LogP contribution in [0.15, 0.2) is 82.6 Å². The van der Waals surface area contributed by atoms with Gasteiger partial charge < -0.3 is 9.73 Å². The van der Waals surface area contributed by atoms with Crippen molar-refractivity contribution >= 4 is 35.0 Å². The van der Waals surface area contributed by atoms with Gasteiger partial charge in [-0.25, -0.2) is 0 Å². The monoisotopic (exact) mass is 424 g/mol. The van der Waals surface area contributed by atoms with Gasteiger partial charge in [0.1, 0.15) is 5.76 Å². The molecule has 0 aliphatic carbocycles. The van der Waals surface area contributed by atoms with E-state index in [4.69, 9.17) is 16.0 Å². The van der Waals surface area contributed by atoms with E-state index in [1.165, 1.54) is 11.8 Å². The second-order valence-electron chi connectivity index (χ2n) is 6.18. The van der Waals surface area contributed by atoms with Crippen molar-refractivity contribution in [3.8, 4) is 11.4 Å². The first kappa shape index (κ1) is 19.3. The Morgan fingerprint density at radius 3 is 2.55 bits per heavy atom. The highest BCUT2D eigenvalue weighted by atomic mass is 35.5. The van der Waals surface area contributed by atoms with E-state index in [2.05, 4.69) is 15.5 Å². The molecule has 2 aromatic heterocycles. The van der Waals surface area contributed by atoms with Gasteiger partial charge in [-0.05, 0) is 48.5 Å². The van der Waals surface area contributed by atoms with Crippen LogP contribution in [0.5, 0.6) is 0 Å². The molecular formula is C21H17ClN4O2S. The van der Waals surface area contributed by atoms with Gasteiger partial charge in [0.05, 0.1) is 18.6 Å². The predicted octanol–water partition coefficient (Wildman–Crippen LogP) is 4.97. The number of rotatable bonds is 7. The first-order valence-corrected chi connectivity index (χ1v) is 10.2. The van der Waals surface area contributed by atoms with Gasteiger partial charge in [-0.2, -0.15) is 0 Å². The van der Waals surface area contributed by atoms with E-state index >= 15 is 0 Å². The zero-order chi connectivity index (χ0) is 20.1. The van der Waals surface area contributed by atoms with E-state index in [9.17, 15) is 4.79 Å². The Morgan fingerprint density at radius 1 is 1.03 bits per heavy atom. The number of furan rings is 1. The van der Waals surface area contributed by atoms with Gasteiger partial charge >= 0.3 is 0 Å². The molecule has 2 aromatic carbocycles. The maximum absolute atomic E-state index is 12.3. The van der Waals surface area contributed by atoms with Crippen LogP contribution < -0.4 is 5.32 Å². The summed E-state index contributed by atoms with van der Waals surface area (Å²) in [5.41, 5.74) is 1.64. The lowest BCUT2D eigenvalue weighted by Gasteiger charge is -2.09. The number of aromatic nitrogens is 3. The van der Waals surface area contributed by atoms with Crippen molar-refractivity contribution in [2.24, 2.45) is 0 Å². The molecule has 146 valence electrons. The Hall–Kier alpha value is -3.03. The van der Waals surface area contributed by atoms with Crippen molar-refractivity contribution in [2.45, 2.75) is 11.7 Å². The van der Waals surface area contributed by atoms with Gasteiger partial charge in [0, 0.05) is 16.3 Å². The number of halogens is 1. The lowest BCUT2D eigenvalue weighted by atomic mass is 10.2. The summed E-state index contributed by atoms with van der Waals surface area (Å²) in [6.45, 7) is 0.459. The average molecular weight is 425 g/mol. The molecule has 0 aliphatic rings. The maximum atomic E-state index is 12.3. The van der Waals surface area contributed by atoms with E-state index < -0.39 is 0 Å². The third-order valence-corrected chi connectivity index (χ3v) is 5.32. The summed E-state index contributed by atoms with van der Waals surface area (Å²) >= 11 is 7.33. The fourth-order valence-electron chi connectivity index (χ4n) is 2.76. The molecule has 29 heavy (non-hydrogen) atoms. The number of carbonyl (C=O) groups is 1. The van der Waals surface area contributed by atoms with Crippen molar-refractivity contribution in [1.82, 2.24) is 14.8 Å². The third kappa shape index (κ3) is 4.88. The lowest BCUT2D eigenvalue weighted by Crippen LogP contribution is -2.14. The van der Waals surface area contributed by atoms with Crippen LogP contribution in [0.3, 0.4) is 0 Å². The van der Waals surface area contributed by atoms with Gasteiger partial charge in [0.25, 0.3) is 0 Å². The first-order valence-electron chi connectivity index (χ1n) is 8.88. The van der Waals surface area contributed by atoms with Crippen LogP contribution in [-0.4, -0.2) is 26.4 Å². The highest BCUT2D eigenvalue weighted by Crippen LogP contribution is 2.26. The van der Waals surface area contributed by atoms with Gasteiger partial charge in [0.2, 0.25) is 5.91 Å². The van der Waals surface area contributed by atoms with Crippen LogP contribution in [-0.2, 0) is 11.3 Å².